The van der Waals surface area contributed by atoms with E-state index in [0.717, 1.165) is 0 Å². The molecule has 1 aliphatic rings. The van der Waals surface area contributed by atoms with E-state index in [1.54, 1.807) is 37.1 Å². The molecule has 1 saturated heterocycles. The molecule has 3 amide bonds. The van der Waals surface area contributed by atoms with Gasteiger partial charge >= 0.3 is 6.03 Å². The van der Waals surface area contributed by atoms with Crippen molar-refractivity contribution in [2.75, 3.05) is 32.2 Å². The maximum Gasteiger partial charge on any atom is 0.315 e. The standard InChI is InChI=1S/C16H23N3O5/c1-10(20)8-17-16(22)18-11-6-15(21)19(9-11)12-4-5-13(23-2)14(7-12)24-3/h4-5,7,10-11,20H,6,8-9H2,1-3H3,(H2,17,18,22)/t10-,11-/m1/s1. The number of hydrogen-bond acceptors (Lipinski definition) is 5. The molecule has 8 nitrogen and oxygen atoms in total. The van der Waals surface area contributed by atoms with E-state index in [1.165, 1.54) is 7.11 Å². The number of ether oxygens (including phenoxy) is 2. The van der Waals surface area contributed by atoms with Crippen molar-refractivity contribution < 1.29 is 24.2 Å². The SMILES string of the molecule is COc1ccc(N2C[C@H](NC(=O)NC[C@@H](C)O)CC2=O)cc1OC. The molecule has 0 radical (unpaired) electrons. The highest BCUT2D eigenvalue weighted by Crippen LogP contribution is 2.33. The second-order valence-electron chi connectivity index (χ2n) is 5.65. The Kier molecular flexibility index (Phi) is 5.86. The van der Waals surface area contributed by atoms with Crippen LogP contribution < -0.4 is 25.0 Å². The van der Waals surface area contributed by atoms with Gasteiger partial charge in [0.25, 0.3) is 0 Å². The third-order valence-corrected chi connectivity index (χ3v) is 3.70. The Morgan fingerprint density at radius 1 is 1.38 bits per heavy atom. The van der Waals surface area contributed by atoms with Gasteiger partial charge in [0.2, 0.25) is 5.91 Å². The van der Waals surface area contributed by atoms with Crippen LogP contribution in [0.15, 0.2) is 18.2 Å². The van der Waals surface area contributed by atoms with Crippen molar-refractivity contribution in [3.8, 4) is 11.5 Å². The molecule has 1 heterocycles. The van der Waals surface area contributed by atoms with E-state index >= 15 is 0 Å². The lowest BCUT2D eigenvalue weighted by molar-refractivity contribution is -0.117. The van der Waals surface area contributed by atoms with Crippen LogP contribution >= 0.6 is 0 Å². The third kappa shape index (κ3) is 4.29. The first-order valence-corrected chi connectivity index (χ1v) is 7.69. The van der Waals surface area contributed by atoms with Crippen LogP contribution in [0.1, 0.15) is 13.3 Å². The Labute approximate surface area is 140 Å². The number of rotatable bonds is 6. The predicted octanol–water partition coefficient (Wildman–Crippen LogP) is 0.489. The van der Waals surface area contributed by atoms with E-state index in [9.17, 15) is 9.59 Å². The zero-order valence-electron chi connectivity index (χ0n) is 14.0. The van der Waals surface area contributed by atoms with Crippen LogP contribution in [0.3, 0.4) is 0 Å². The molecule has 2 atom stereocenters. The molecule has 1 aliphatic heterocycles. The minimum atomic E-state index is -0.621. The predicted molar refractivity (Wildman–Crippen MR) is 88.5 cm³/mol. The van der Waals surface area contributed by atoms with E-state index in [0.29, 0.717) is 23.7 Å². The summed E-state index contributed by atoms with van der Waals surface area (Å²) in [7, 11) is 3.08. The normalized spacial score (nSPS) is 18.2. The summed E-state index contributed by atoms with van der Waals surface area (Å²) < 4.78 is 10.4. The fraction of sp³-hybridized carbons (Fsp3) is 0.500. The van der Waals surface area contributed by atoms with Crippen molar-refractivity contribution in [1.82, 2.24) is 10.6 Å². The van der Waals surface area contributed by atoms with Crippen LogP contribution in [0.2, 0.25) is 0 Å². The maximum absolute atomic E-state index is 12.2. The summed E-state index contributed by atoms with van der Waals surface area (Å²) in [4.78, 5) is 25.6. The van der Waals surface area contributed by atoms with Gasteiger partial charge in [-0.2, -0.15) is 0 Å². The summed E-state index contributed by atoms with van der Waals surface area (Å²) in [5, 5.41) is 14.4. The quantitative estimate of drug-likeness (QED) is 0.701. The number of hydrogen-bond donors (Lipinski definition) is 3. The number of urea groups is 1. The van der Waals surface area contributed by atoms with E-state index in [-0.39, 0.29) is 24.9 Å². The van der Waals surface area contributed by atoms with Gasteiger partial charge in [0, 0.05) is 31.3 Å². The minimum absolute atomic E-state index is 0.0805. The van der Waals surface area contributed by atoms with Crippen molar-refractivity contribution in [1.29, 1.82) is 0 Å². The first-order valence-electron chi connectivity index (χ1n) is 7.69. The number of benzene rings is 1. The Hall–Kier alpha value is -2.48. The lowest BCUT2D eigenvalue weighted by Gasteiger charge is -2.19. The molecule has 1 aromatic rings. The minimum Gasteiger partial charge on any atom is -0.493 e. The van der Waals surface area contributed by atoms with Gasteiger partial charge in [0.15, 0.2) is 11.5 Å². The monoisotopic (exact) mass is 337 g/mol. The third-order valence-electron chi connectivity index (χ3n) is 3.70. The molecule has 1 fully saturated rings. The van der Waals surface area contributed by atoms with Gasteiger partial charge in [-0.25, -0.2) is 4.79 Å². The van der Waals surface area contributed by atoms with Crippen LogP contribution in [0.25, 0.3) is 0 Å². The molecule has 0 aliphatic carbocycles. The Morgan fingerprint density at radius 2 is 2.08 bits per heavy atom. The van der Waals surface area contributed by atoms with Gasteiger partial charge in [-0.15, -0.1) is 0 Å². The molecule has 0 saturated carbocycles. The van der Waals surface area contributed by atoms with Crippen LogP contribution in [0.4, 0.5) is 10.5 Å². The molecule has 0 aromatic heterocycles. The number of amides is 3. The van der Waals surface area contributed by atoms with Crippen molar-refractivity contribution in [3.05, 3.63) is 18.2 Å². The number of methoxy groups -OCH3 is 2. The zero-order chi connectivity index (χ0) is 17.7. The summed E-state index contributed by atoms with van der Waals surface area (Å²) in [6, 6.07) is 4.54. The second kappa shape index (κ2) is 7.87. The summed E-state index contributed by atoms with van der Waals surface area (Å²) in [5.74, 6) is 1.04. The van der Waals surface area contributed by atoms with Crippen LogP contribution in [0, 0.1) is 0 Å². The van der Waals surface area contributed by atoms with Gasteiger partial charge in [-0.3, -0.25) is 4.79 Å². The van der Waals surface area contributed by atoms with Crippen LogP contribution in [-0.2, 0) is 4.79 Å². The molecular weight excluding hydrogens is 314 g/mol. The molecule has 132 valence electrons. The van der Waals surface area contributed by atoms with Crippen LogP contribution in [0.5, 0.6) is 11.5 Å². The number of carbonyl (C=O) groups excluding carboxylic acids is 2. The van der Waals surface area contributed by atoms with Gasteiger partial charge in [-0.1, -0.05) is 0 Å². The summed E-state index contributed by atoms with van der Waals surface area (Å²) in [6.07, 6.45) is -0.402. The first-order chi connectivity index (χ1) is 11.4. The van der Waals surface area contributed by atoms with E-state index < -0.39 is 12.1 Å². The highest BCUT2D eigenvalue weighted by atomic mass is 16.5. The lowest BCUT2D eigenvalue weighted by atomic mass is 10.2. The van der Waals surface area contributed by atoms with Crippen LogP contribution in [-0.4, -0.2) is 56.5 Å². The zero-order valence-corrected chi connectivity index (χ0v) is 14.0. The Morgan fingerprint density at radius 3 is 2.71 bits per heavy atom. The topological polar surface area (TPSA) is 100 Å². The van der Waals surface area contributed by atoms with Gasteiger partial charge in [0.05, 0.1) is 26.4 Å². The van der Waals surface area contributed by atoms with Gasteiger partial charge < -0.3 is 30.1 Å². The maximum atomic E-state index is 12.2. The Balaban J connectivity index is 2.01. The number of anilines is 1. The Bertz CT molecular complexity index is 605. The number of aliphatic hydroxyl groups is 1. The average molecular weight is 337 g/mol. The lowest BCUT2D eigenvalue weighted by Crippen LogP contribution is -2.45. The highest BCUT2D eigenvalue weighted by molar-refractivity contribution is 5.97. The smallest absolute Gasteiger partial charge is 0.315 e. The summed E-state index contributed by atoms with van der Waals surface area (Å²) >= 11 is 0. The van der Waals surface area contributed by atoms with Crippen molar-refractivity contribution in [3.63, 3.8) is 0 Å². The fourth-order valence-electron chi connectivity index (χ4n) is 2.52. The average Bonchev–Trinajstić information content (AvgIpc) is 2.92. The molecular formula is C16H23N3O5. The van der Waals surface area contributed by atoms with Gasteiger partial charge in [0.1, 0.15) is 0 Å². The second-order valence-corrected chi connectivity index (χ2v) is 5.65. The molecule has 3 N–H and O–H groups in total. The number of nitrogens with zero attached hydrogens (tertiary/aromatic N) is 1. The van der Waals surface area contributed by atoms with E-state index in [2.05, 4.69) is 10.6 Å². The summed E-state index contributed by atoms with van der Waals surface area (Å²) in [5.41, 5.74) is 0.686. The summed E-state index contributed by atoms with van der Waals surface area (Å²) in [6.45, 7) is 2.11. The van der Waals surface area contributed by atoms with E-state index in [4.69, 9.17) is 14.6 Å². The molecule has 24 heavy (non-hydrogen) atoms. The fourth-order valence-corrected chi connectivity index (χ4v) is 2.52. The molecule has 0 spiro atoms. The molecule has 2 rings (SSSR count). The first kappa shape index (κ1) is 17.9. The largest absolute Gasteiger partial charge is 0.493 e. The number of nitrogens with one attached hydrogen (secondary N) is 2. The molecule has 0 unspecified atom stereocenters. The highest BCUT2D eigenvalue weighted by Gasteiger charge is 2.32. The van der Waals surface area contributed by atoms with Crippen molar-refractivity contribution >= 4 is 17.6 Å². The molecule has 1 aromatic carbocycles. The number of carbonyl (C=O) groups is 2. The number of aliphatic hydroxyl groups excluding tert-OH is 1. The van der Waals surface area contributed by atoms with Gasteiger partial charge in [-0.05, 0) is 19.1 Å². The van der Waals surface area contributed by atoms with Crippen molar-refractivity contribution in [2.45, 2.75) is 25.5 Å². The molecule has 8 heteroatoms. The molecule has 0 bridgehead atoms. The van der Waals surface area contributed by atoms with Crippen molar-refractivity contribution in [2.24, 2.45) is 0 Å². The van der Waals surface area contributed by atoms with E-state index in [1.807, 2.05) is 0 Å².